The van der Waals surface area contributed by atoms with E-state index in [-0.39, 0.29) is 16.2 Å². The Morgan fingerprint density at radius 3 is 2.36 bits per heavy atom. The van der Waals surface area contributed by atoms with Gasteiger partial charge in [-0.05, 0) is 61.7 Å². The number of piperidine rings is 1. The van der Waals surface area contributed by atoms with Gasteiger partial charge in [-0.15, -0.1) is 0 Å². The lowest BCUT2D eigenvalue weighted by molar-refractivity contribution is -0.119. The van der Waals surface area contributed by atoms with Crippen molar-refractivity contribution in [2.24, 2.45) is 0 Å². The van der Waals surface area contributed by atoms with Crippen molar-refractivity contribution in [2.75, 3.05) is 25.0 Å². The lowest BCUT2D eigenvalue weighted by atomic mass is 10.1. The Kier molecular flexibility index (Phi) is 7.98. The van der Waals surface area contributed by atoms with Gasteiger partial charge in [-0.3, -0.25) is 4.79 Å². The smallest absolute Gasteiger partial charge is 0.387 e. The monoisotopic (exact) mass is 482 g/mol. The van der Waals surface area contributed by atoms with Crippen LogP contribution in [-0.2, 0) is 19.6 Å². The van der Waals surface area contributed by atoms with Gasteiger partial charge in [0, 0.05) is 18.8 Å². The second-order valence-corrected chi connectivity index (χ2v) is 9.38. The molecule has 0 aliphatic carbocycles. The number of nitrogens with one attached hydrogen (secondary N) is 1. The van der Waals surface area contributed by atoms with Gasteiger partial charge in [0.1, 0.15) is 5.75 Å². The summed E-state index contributed by atoms with van der Waals surface area (Å²) in [6, 6.07) is 9.45. The van der Waals surface area contributed by atoms with Crippen LogP contribution in [0.1, 0.15) is 35.2 Å². The number of halogens is 2. The SMILES string of the molecule is Cc1ccc(C(=O)OCC(=O)Nc2ccc(OC(F)F)cc2)cc1S(=O)(=O)N1CCCCC1. The number of amides is 1. The van der Waals surface area contributed by atoms with Crippen molar-refractivity contribution in [2.45, 2.75) is 37.7 Å². The highest BCUT2D eigenvalue weighted by atomic mass is 32.2. The minimum atomic E-state index is -3.74. The summed E-state index contributed by atoms with van der Waals surface area (Å²) in [5.74, 6) is -1.57. The number of ether oxygens (including phenoxy) is 2. The van der Waals surface area contributed by atoms with E-state index in [0.717, 1.165) is 19.3 Å². The highest BCUT2D eigenvalue weighted by Gasteiger charge is 2.28. The van der Waals surface area contributed by atoms with E-state index in [2.05, 4.69) is 10.1 Å². The van der Waals surface area contributed by atoms with Gasteiger partial charge in [-0.25, -0.2) is 13.2 Å². The van der Waals surface area contributed by atoms with Crippen LogP contribution in [0.25, 0.3) is 0 Å². The van der Waals surface area contributed by atoms with Crippen LogP contribution in [0.4, 0.5) is 14.5 Å². The largest absolute Gasteiger partial charge is 0.452 e. The van der Waals surface area contributed by atoms with Crippen LogP contribution in [-0.4, -0.2) is 50.9 Å². The third-order valence-electron chi connectivity index (χ3n) is 5.05. The summed E-state index contributed by atoms with van der Waals surface area (Å²) in [5, 5.41) is 2.46. The van der Waals surface area contributed by atoms with E-state index in [1.165, 1.54) is 46.8 Å². The lowest BCUT2D eigenvalue weighted by Gasteiger charge is -2.26. The molecule has 1 fully saturated rings. The van der Waals surface area contributed by atoms with Crippen LogP contribution < -0.4 is 10.1 Å². The fourth-order valence-corrected chi connectivity index (χ4v) is 5.15. The van der Waals surface area contributed by atoms with Crippen molar-refractivity contribution >= 4 is 27.6 Å². The van der Waals surface area contributed by atoms with Crippen molar-refractivity contribution in [1.82, 2.24) is 4.31 Å². The summed E-state index contributed by atoms with van der Waals surface area (Å²) in [6.07, 6.45) is 2.56. The summed E-state index contributed by atoms with van der Waals surface area (Å²) < 4.78 is 61.0. The number of aryl methyl sites for hydroxylation is 1. The Morgan fingerprint density at radius 2 is 1.73 bits per heavy atom. The summed E-state index contributed by atoms with van der Waals surface area (Å²) >= 11 is 0. The number of carbonyl (C=O) groups is 2. The first-order valence-electron chi connectivity index (χ1n) is 10.3. The number of sulfonamides is 1. The highest BCUT2D eigenvalue weighted by molar-refractivity contribution is 7.89. The summed E-state index contributed by atoms with van der Waals surface area (Å²) in [5.41, 5.74) is 0.814. The van der Waals surface area contributed by atoms with Gasteiger partial charge in [0.15, 0.2) is 6.61 Å². The van der Waals surface area contributed by atoms with E-state index in [4.69, 9.17) is 4.74 Å². The van der Waals surface area contributed by atoms with Crippen LogP contribution in [0.5, 0.6) is 5.75 Å². The zero-order chi connectivity index (χ0) is 24.0. The van der Waals surface area contributed by atoms with Gasteiger partial charge < -0.3 is 14.8 Å². The zero-order valence-electron chi connectivity index (χ0n) is 17.9. The lowest BCUT2D eigenvalue weighted by Crippen LogP contribution is -2.36. The first-order valence-corrected chi connectivity index (χ1v) is 11.7. The number of rotatable bonds is 8. The number of anilines is 1. The average Bonchev–Trinajstić information content (AvgIpc) is 2.79. The van der Waals surface area contributed by atoms with Gasteiger partial charge in [0.05, 0.1) is 10.5 Å². The maximum atomic E-state index is 13.0. The predicted octanol–water partition coefficient (Wildman–Crippen LogP) is 3.57. The summed E-state index contributed by atoms with van der Waals surface area (Å²) in [4.78, 5) is 24.5. The zero-order valence-corrected chi connectivity index (χ0v) is 18.7. The molecule has 0 unspecified atom stereocenters. The number of alkyl halides is 2. The second-order valence-electron chi connectivity index (χ2n) is 7.47. The van der Waals surface area contributed by atoms with E-state index in [9.17, 15) is 26.8 Å². The van der Waals surface area contributed by atoms with Crippen molar-refractivity contribution in [1.29, 1.82) is 0 Å². The molecule has 0 saturated carbocycles. The number of benzene rings is 2. The van der Waals surface area contributed by atoms with Crippen molar-refractivity contribution < 1.29 is 36.3 Å². The van der Waals surface area contributed by atoms with E-state index in [1.807, 2.05) is 0 Å². The van der Waals surface area contributed by atoms with Crippen molar-refractivity contribution in [3.63, 3.8) is 0 Å². The Balaban J connectivity index is 1.61. The summed E-state index contributed by atoms with van der Waals surface area (Å²) in [6.45, 7) is -1.05. The van der Waals surface area contributed by atoms with Crippen LogP contribution in [0.3, 0.4) is 0 Å². The van der Waals surface area contributed by atoms with Gasteiger partial charge in [0.25, 0.3) is 5.91 Å². The maximum absolute atomic E-state index is 13.0. The minimum Gasteiger partial charge on any atom is -0.452 e. The molecule has 0 spiro atoms. The van der Waals surface area contributed by atoms with Gasteiger partial charge in [-0.2, -0.15) is 13.1 Å². The quantitative estimate of drug-likeness (QED) is 0.578. The molecule has 33 heavy (non-hydrogen) atoms. The molecule has 0 bridgehead atoms. The average molecular weight is 483 g/mol. The molecule has 0 radical (unpaired) electrons. The van der Waals surface area contributed by atoms with Crippen LogP contribution in [0.2, 0.25) is 0 Å². The summed E-state index contributed by atoms with van der Waals surface area (Å²) in [7, 11) is -3.74. The van der Waals surface area contributed by atoms with E-state index in [1.54, 1.807) is 6.92 Å². The second kappa shape index (κ2) is 10.7. The fraction of sp³-hybridized carbons (Fsp3) is 0.364. The van der Waals surface area contributed by atoms with Crippen molar-refractivity contribution in [3.8, 4) is 5.75 Å². The Morgan fingerprint density at radius 1 is 1.06 bits per heavy atom. The first kappa shape index (κ1) is 24.6. The minimum absolute atomic E-state index is 0.0116. The number of hydrogen-bond donors (Lipinski definition) is 1. The Labute approximate surface area is 190 Å². The van der Waals surface area contributed by atoms with Crippen LogP contribution in [0, 0.1) is 6.92 Å². The first-order chi connectivity index (χ1) is 15.7. The van der Waals surface area contributed by atoms with E-state index in [0.29, 0.717) is 24.3 Å². The molecule has 1 heterocycles. The maximum Gasteiger partial charge on any atom is 0.387 e. The molecule has 2 aromatic carbocycles. The topological polar surface area (TPSA) is 102 Å². The van der Waals surface area contributed by atoms with Gasteiger partial charge in [-0.1, -0.05) is 12.5 Å². The fourth-order valence-electron chi connectivity index (χ4n) is 3.38. The van der Waals surface area contributed by atoms with Gasteiger partial charge >= 0.3 is 12.6 Å². The molecule has 1 saturated heterocycles. The van der Waals surface area contributed by atoms with Crippen molar-refractivity contribution in [3.05, 3.63) is 53.6 Å². The predicted molar refractivity (Wildman–Crippen MR) is 116 cm³/mol. The molecule has 2 aromatic rings. The van der Waals surface area contributed by atoms with Crippen LogP contribution in [0.15, 0.2) is 47.4 Å². The number of hydrogen-bond acceptors (Lipinski definition) is 6. The number of nitrogens with zero attached hydrogens (tertiary/aromatic N) is 1. The molecular formula is C22H24F2N2O6S. The van der Waals surface area contributed by atoms with Crippen LogP contribution >= 0.6 is 0 Å². The molecule has 178 valence electrons. The Hall–Kier alpha value is -3.05. The molecule has 3 rings (SSSR count). The molecule has 1 aliphatic rings. The molecule has 0 atom stereocenters. The Bertz CT molecular complexity index is 1100. The number of carbonyl (C=O) groups excluding carboxylic acids is 2. The molecule has 0 aromatic heterocycles. The third-order valence-corrected chi connectivity index (χ3v) is 7.09. The standard InChI is InChI=1S/C22H24F2N2O6S/c1-15-5-6-16(13-19(15)33(29,30)26-11-3-2-4-12-26)21(28)31-14-20(27)25-17-7-9-18(10-8-17)32-22(23)24/h5-10,13,22H,2-4,11-12,14H2,1H3,(H,25,27). The van der Waals surface area contributed by atoms with E-state index < -0.39 is 35.1 Å². The normalized spacial score (nSPS) is 14.7. The number of esters is 1. The van der Waals surface area contributed by atoms with E-state index >= 15 is 0 Å². The molecule has 11 heteroatoms. The molecule has 1 amide bonds. The third kappa shape index (κ3) is 6.48. The molecule has 1 N–H and O–H groups in total. The highest BCUT2D eigenvalue weighted by Crippen LogP contribution is 2.25. The van der Waals surface area contributed by atoms with Gasteiger partial charge in [0.2, 0.25) is 10.0 Å². The molecular weight excluding hydrogens is 458 g/mol. The molecule has 8 nitrogen and oxygen atoms in total. The molecule has 1 aliphatic heterocycles.